The monoisotopic (exact) mass is 100 g/mol. The highest BCUT2D eigenvalue weighted by Crippen LogP contribution is 1.65. The molecule has 0 unspecified atom stereocenters. The first-order valence-electron chi connectivity index (χ1n) is 2.01. The summed E-state index contributed by atoms with van der Waals surface area (Å²) in [6, 6.07) is -0.303. The van der Waals surface area contributed by atoms with Crippen LogP contribution in [0.4, 0.5) is 4.79 Å². The summed E-state index contributed by atoms with van der Waals surface area (Å²) in [5, 5.41) is 2.33. The normalized spacial score (nSPS) is 9.43. The number of nitrogens with one attached hydrogen (secondary N) is 1. The van der Waals surface area contributed by atoms with Crippen LogP contribution in [-0.2, 0) is 0 Å². The van der Waals surface area contributed by atoms with Crippen molar-refractivity contribution < 1.29 is 4.79 Å². The quantitative estimate of drug-likeness (QED) is 0.440. The van der Waals surface area contributed by atoms with Crippen molar-refractivity contribution in [2.24, 2.45) is 4.99 Å². The highest BCUT2D eigenvalue weighted by molar-refractivity contribution is 5.82. The molecule has 0 spiro atoms. The van der Waals surface area contributed by atoms with Crippen LogP contribution in [0.25, 0.3) is 0 Å². The summed E-state index contributed by atoms with van der Waals surface area (Å²) in [4.78, 5) is 13.5. The molecule has 0 saturated heterocycles. The molecule has 0 fully saturated rings. The molecule has 0 aromatic rings. The third-order valence-corrected chi connectivity index (χ3v) is 0.460. The van der Waals surface area contributed by atoms with Crippen LogP contribution in [0.3, 0.4) is 0 Å². The molecule has 0 saturated carbocycles. The van der Waals surface area contributed by atoms with Crippen molar-refractivity contribution in [1.29, 1.82) is 0 Å². The first kappa shape index (κ1) is 6.14. The molecule has 0 bridgehead atoms. The molecule has 3 heteroatoms. The molecular weight excluding hydrogens is 92.1 g/mol. The van der Waals surface area contributed by atoms with Gasteiger partial charge in [-0.15, -0.1) is 0 Å². The topological polar surface area (TPSA) is 41.5 Å². The molecule has 7 heavy (non-hydrogen) atoms. The van der Waals surface area contributed by atoms with Gasteiger partial charge in [-0.1, -0.05) is 0 Å². The Bertz CT molecular complexity index is 87.7. The summed E-state index contributed by atoms with van der Waals surface area (Å²) in [6.07, 6.45) is 1.44. The van der Waals surface area contributed by atoms with Crippen LogP contribution in [0.1, 0.15) is 6.92 Å². The van der Waals surface area contributed by atoms with Gasteiger partial charge in [0, 0.05) is 13.3 Å². The average Bonchev–Trinajstić information content (AvgIpc) is 1.68. The fraction of sp³-hybridized carbons (Fsp3) is 0.500. The van der Waals surface area contributed by atoms with Crippen molar-refractivity contribution in [3.63, 3.8) is 0 Å². The van der Waals surface area contributed by atoms with Crippen LogP contribution >= 0.6 is 0 Å². The lowest BCUT2D eigenvalue weighted by Crippen LogP contribution is -2.12. The molecule has 0 aromatic heterocycles. The lowest BCUT2D eigenvalue weighted by atomic mass is 10.8. The van der Waals surface area contributed by atoms with Crippen LogP contribution in [0, 0.1) is 0 Å². The van der Waals surface area contributed by atoms with Crippen molar-refractivity contribution in [3.05, 3.63) is 0 Å². The van der Waals surface area contributed by atoms with E-state index in [4.69, 9.17) is 0 Å². The fourth-order valence-electron chi connectivity index (χ4n) is 0.182. The minimum absolute atomic E-state index is 0.303. The molecule has 0 rings (SSSR count). The van der Waals surface area contributed by atoms with E-state index in [0.29, 0.717) is 0 Å². The predicted octanol–water partition coefficient (Wildman–Crippen LogP) is 0.417. The van der Waals surface area contributed by atoms with E-state index in [1.807, 2.05) is 0 Å². The lowest BCUT2D eigenvalue weighted by Gasteiger charge is -1.83. The molecule has 0 aromatic carbocycles. The molecule has 3 nitrogen and oxygen atoms in total. The second-order valence-electron chi connectivity index (χ2n) is 0.942. The van der Waals surface area contributed by atoms with Crippen molar-refractivity contribution >= 4 is 12.2 Å². The number of hydrogen-bond acceptors (Lipinski definition) is 1. The highest BCUT2D eigenvalue weighted by atomic mass is 16.2. The summed E-state index contributed by atoms with van der Waals surface area (Å²) in [7, 11) is 1.54. The molecule has 0 aliphatic carbocycles. The van der Waals surface area contributed by atoms with Crippen molar-refractivity contribution in [1.82, 2.24) is 5.32 Å². The largest absolute Gasteiger partial charge is 0.340 e. The minimum Gasteiger partial charge on any atom is -0.339 e. The summed E-state index contributed by atoms with van der Waals surface area (Å²) in [5.74, 6) is 0. The summed E-state index contributed by atoms with van der Waals surface area (Å²) >= 11 is 0. The van der Waals surface area contributed by atoms with E-state index in [1.54, 1.807) is 6.92 Å². The Morgan fingerprint density at radius 2 is 2.43 bits per heavy atom. The first-order valence-corrected chi connectivity index (χ1v) is 2.01. The van der Waals surface area contributed by atoms with Gasteiger partial charge in [0.25, 0.3) is 0 Å². The Kier molecular flexibility index (Phi) is 2.92. The van der Waals surface area contributed by atoms with Crippen LogP contribution in [0.5, 0.6) is 0 Å². The second-order valence-corrected chi connectivity index (χ2v) is 0.942. The van der Waals surface area contributed by atoms with Gasteiger partial charge < -0.3 is 5.32 Å². The van der Waals surface area contributed by atoms with E-state index < -0.39 is 0 Å². The Labute approximate surface area is 42.4 Å². The van der Waals surface area contributed by atoms with Crippen LogP contribution in [0.2, 0.25) is 0 Å². The van der Waals surface area contributed by atoms with Gasteiger partial charge in [0.15, 0.2) is 0 Å². The van der Waals surface area contributed by atoms with Gasteiger partial charge in [0.05, 0.1) is 0 Å². The zero-order chi connectivity index (χ0) is 5.70. The predicted molar refractivity (Wildman–Crippen MR) is 28.6 cm³/mol. The smallest absolute Gasteiger partial charge is 0.339 e. The fourth-order valence-corrected chi connectivity index (χ4v) is 0.182. The van der Waals surface area contributed by atoms with E-state index >= 15 is 0 Å². The van der Waals surface area contributed by atoms with Crippen molar-refractivity contribution in [3.8, 4) is 0 Å². The molecule has 0 aliphatic rings. The maximum atomic E-state index is 10.1. The molecule has 0 heterocycles. The standard InChI is InChI=1S/C4H8N2O/c1-3-6-4(7)5-2/h3H,1-2H3,(H,5,7)/b6-3-. The van der Waals surface area contributed by atoms with Gasteiger partial charge in [-0.05, 0) is 6.92 Å². The van der Waals surface area contributed by atoms with Gasteiger partial charge in [-0.25, -0.2) is 9.79 Å². The summed E-state index contributed by atoms with van der Waals surface area (Å²) in [6.45, 7) is 1.69. The van der Waals surface area contributed by atoms with E-state index in [1.165, 1.54) is 13.3 Å². The number of nitrogens with zero attached hydrogens (tertiary/aromatic N) is 1. The van der Waals surface area contributed by atoms with Crippen LogP contribution in [0.15, 0.2) is 4.99 Å². The molecular formula is C4H8N2O. The molecule has 40 valence electrons. The van der Waals surface area contributed by atoms with Crippen LogP contribution in [-0.4, -0.2) is 19.3 Å². The van der Waals surface area contributed by atoms with E-state index in [9.17, 15) is 4.79 Å². The number of aliphatic imine (C=N–C) groups is 1. The van der Waals surface area contributed by atoms with Crippen LogP contribution < -0.4 is 5.32 Å². The van der Waals surface area contributed by atoms with Crippen molar-refractivity contribution in [2.75, 3.05) is 7.05 Å². The first-order chi connectivity index (χ1) is 3.31. The van der Waals surface area contributed by atoms with E-state index in [0.717, 1.165) is 0 Å². The number of hydrogen-bond donors (Lipinski definition) is 1. The second kappa shape index (κ2) is 3.33. The third-order valence-electron chi connectivity index (χ3n) is 0.460. The maximum absolute atomic E-state index is 10.1. The van der Waals surface area contributed by atoms with E-state index in [-0.39, 0.29) is 6.03 Å². The zero-order valence-electron chi connectivity index (χ0n) is 4.43. The summed E-state index contributed by atoms with van der Waals surface area (Å²) in [5.41, 5.74) is 0. The molecule has 2 amide bonds. The molecule has 1 N–H and O–H groups in total. The van der Waals surface area contributed by atoms with Gasteiger partial charge in [-0.2, -0.15) is 0 Å². The Hall–Kier alpha value is -0.860. The maximum Gasteiger partial charge on any atom is 0.340 e. The lowest BCUT2D eigenvalue weighted by molar-refractivity contribution is 0.251. The number of urea groups is 1. The number of carbonyl (C=O) groups is 1. The average molecular weight is 100 g/mol. The number of carbonyl (C=O) groups excluding carboxylic acids is 1. The minimum atomic E-state index is -0.303. The Morgan fingerprint density at radius 1 is 1.86 bits per heavy atom. The summed E-state index contributed by atoms with van der Waals surface area (Å²) < 4.78 is 0. The number of rotatable bonds is 0. The SMILES string of the molecule is C/C=N\C(=O)NC. The molecule has 0 atom stereocenters. The van der Waals surface area contributed by atoms with Gasteiger partial charge in [0.1, 0.15) is 0 Å². The molecule has 0 aliphatic heterocycles. The molecule has 0 radical (unpaired) electrons. The van der Waals surface area contributed by atoms with Crippen molar-refractivity contribution in [2.45, 2.75) is 6.92 Å². The third kappa shape index (κ3) is 2.96. The number of amides is 2. The van der Waals surface area contributed by atoms with Gasteiger partial charge >= 0.3 is 6.03 Å². The van der Waals surface area contributed by atoms with Gasteiger partial charge in [-0.3, -0.25) is 0 Å². The van der Waals surface area contributed by atoms with E-state index in [2.05, 4.69) is 10.3 Å². The Balaban J connectivity index is 3.37. The zero-order valence-corrected chi connectivity index (χ0v) is 4.43. The van der Waals surface area contributed by atoms with Gasteiger partial charge in [0.2, 0.25) is 0 Å². The Morgan fingerprint density at radius 3 is 2.57 bits per heavy atom. The highest BCUT2D eigenvalue weighted by Gasteiger charge is 1.82.